The van der Waals surface area contributed by atoms with Crippen LogP contribution in [-0.4, -0.2) is 25.0 Å². The first kappa shape index (κ1) is 20.5. The highest BCUT2D eigenvalue weighted by atomic mass is 16.5. The topological polar surface area (TPSA) is 88.9 Å². The third kappa shape index (κ3) is 4.34. The SMILES string of the molecule is O=C(COc1ccc2ccc(=O)oc2c1)Nc1ccc(C(=O)N2CCc3ccccc32)cc1. The molecular formula is C26H20N2O5. The number of nitrogens with one attached hydrogen (secondary N) is 1. The third-order valence-corrected chi connectivity index (χ3v) is 5.51. The molecule has 1 aliphatic heterocycles. The van der Waals surface area contributed by atoms with Crippen LogP contribution in [0, 0.1) is 0 Å². The van der Waals surface area contributed by atoms with Crippen LogP contribution in [0.2, 0.25) is 0 Å². The van der Waals surface area contributed by atoms with Crippen molar-refractivity contribution in [2.75, 3.05) is 23.4 Å². The fourth-order valence-corrected chi connectivity index (χ4v) is 3.88. The summed E-state index contributed by atoms with van der Waals surface area (Å²) < 4.78 is 10.6. The molecule has 0 saturated heterocycles. The van der Waals surface area contributed by atoms with Crippen molar-refractivity contribution in [2.24, 2.45) is 0 Å². The lowest BCUT2D eigenvalue weighted by atomic mass is 10.1. The summed E-state index contributed by atoms with van der Waals surface area (Å²) in [6.07, 6.45) is 0.847. The summed E-state index contributed by atoms with van der Waals surface area (Å²) in [5.74, 6) is 0.000104. The minimum Gasteiger partial charge on any atom is -0.484 e. The Morgan fingerprint density at radius 1 is 0.970 bits per heavy atom. The molecule has 0 bridgehead atoms. The summed E-state index contributed by atoms with van der Waals surface area (Å²) in [6, 6.07) is 22.7. The average molecular weight is 440 g/mol. The van der Waals surface area contributed by atoms with E-state index in [4.69, 9.17) is 9.15 Å². The zero-order chi connectivity index (χ0) is 22.8. The monoisotopic (exact) mass is 440 g/mol. The molecule has 0 saturated carbocycles. The van der Waals surface area contributed by atoms with E-state index >= 15 is 0 Å². The van der Waals surface area contributed by atoms with Crippen LogP contribution in [0.25, 0.3) is 11.0 Å². The predicted octanol–water partition coefficient (Wildman–Crippen LogP) is 4.01. The van der Waals surface area contributed by atoms with Crippen molar-refractivity contribution in [1.29, 1.82) is 0 Å². The maximum atomic E-state index is 12.9. The summed E-state index contributed by atoms with van der Waals surface area (Å²) in [4.78, 5) is 38.3. The number of anilines is 2. The zero-order valence-electron chi connectivity index (χ0n) is 17.6. The number of hydrogen-bond acceptors (Lipinski definition) is 5. The van der Waals surface area contributed by atoms with Crippen LogP contribution in [0.4, 0.5) is 11.4 Å². The Labute approximate surface area is 189 Å². The average Bonchev–Trinajstić information content (AvgIpc) is 3.27. The fraction of sp³-hybridized carbons (Fsp3) is 0.115. The molecule has 0 radical (unpaired) electrons. The summed E-state index contributed by atoms with van der Waals surface area (Å²) in [5, 5.41) is 3.51. The molecule has 7 nitrogen and oxygen atoms in total. The second-order valence-electron chi connectivity index (χ2n) is 7.70. The number of carbonyl (C=O) groups excluding carboxylic acids is 2. The van der Waals surface area contributed by atoms with E-state index in [2.05, 4.69) is 5.32 Å². The van der Waals surface area contributed by atoms with Gasteiger partial charge in [-0.25, -0.2) is 4.79 Å². The summed E-state index contributed by atoms with van der Waals surface area (Å²) in [6.45, 7) is 0.444. The number of nitrogens with zero attached hydrogens (tertiary/aromatic N) is 1. The van der Waals surface area contributed by atoms with Crippen molar-refractivity contribution in [1.82, 2.24) is 0 Å². The number of amides is 2. The Hall–Kier alpha value is -4.39. The first-order valence-electron chi connectivity index (χ1n) is 10.5. The lowest BCUT2D eigenvalue weighted by Gasteiger charge is -2.17. The summed E-state index contributed by atoms with van der Waals surface area (Å²) in [7, 11) is 0. The Bertz CT molecular complexity index is 1410. The fourth-order valence-electron chi connectivity index (χ4n) is 3.88. The highest BCUT2D eigenvalue weighted by Crippen LogP contribution is 2.29. The zero-order valence-corrected chi connectivity index (χ0v) is 17.6. The van der Waals surface area contributed by atoms with E-state index in [-0.39, 0.29) is 18.4 Å². The molecule has 5 rings (SSSR count). The van der Waals surface area contributed by atoms with E-state index in [1.165, 1.54) is 11.6 Å². The van der Waals surface area contributed by atoms with Gasteiger partial charge in [0.1, 0.15) is 11.3 Å². The van der Waals surface area contributed by atoms with Gasteiger partial charge in [-0.05, 0) is 60.5 Å². The quantitative estimate of drug-likeness (QED) is 0.474. The maximum Gasteiger partial charge on any atom is 0.336 e. The number of benzene rings is 3. The standard InChI is InChI=1S/C26H20N2O5/c29-24(16-32-21-11-7-18-8-12-25(30)33-23(18)15-21)27-20-9-5-19(6-10-20)26(31)28-14-13-17-3-1-2-4-22(17)28/h1-12,15H,13-14,16H2,(H,27,29). The molecule has 4 aromatic rings. The van der Waals surface area contributed by atoms with Crippen molar-refractivity contribution < 1.29 is 18.7 Å². The van der Waals surface area contributed by atoms with Gasteiger partial charge in [0.15, 0.2) is 6.61 Å². The Balaban J connectivity index is 1.19. The number of ether oxygens (including phenoxy) is 1. The second-order valence-corrected chi connectivity index (χ2v) is 7.70. The number of rotatable bonds is 5. The van der Waals surface area contributed by atoms with Gasteiger partial charge in [0, 0.05) is 41.0 Å². The lowest BCUT2D eigenvalue weighted by molar-refractivity contribution is -0.118. The van der Waals surface area contributed by atoms with Gasteiger partial charge in [0.05, 0.1) is 0 Å². The molecule has 33 heavy (non-hydrogen) atoms. The van der Waals surface area contributed by atoms with Crippen molar-refractivity contribution in [3.8, 4) is 5.75 Å². The predicted molar refractivity (Wildman–Crippen MR) is 125 cm³/mol. The van der Waals surface area contributed by atoms with Gasteiger partial charge >= 0.3 is 5.63 Å². The molecule has 0 fully saturated rings. The molecule has 164 valence electrons. The molecule has 0 aliphatic carbocycles. The summed E-state index contributed by atoms with van der Waals surface area (Å²) in [5.41, 5.74) is 3.17. The lowest BCUT2D eigenvalue weighted by Crippen LogP contribution is -2.28. The van der Waals surface area contributed by atoms with E-state index < -0.39 is 5.63 Å². The van der Waals surface area contributed by atoms with Gasteiger partial charge in [-0.15, -0.1) is 0 Å². The van der Waals surface area contributed by atoms with Gasteiger partial charge in [0.2, 0.25) is 0 Å². The van der Waals surface area contributed by atoms with Gasteiger partial charge in [-0.1, -0.05) is 18.2 Å². The van der Waals surface area contributed by atoms with E-state index in [1.54, 1.807) is 53.4 Å². The Kier molecular flexibility index (Phi) is 5.36. The van der Waals surface area contributed by atoms with Gasteiger partial charge in [0.25, 0.3) is 11.8 Å². The smallest absolute Gasteiger partial charge is 0.336 e. The van der Waals surface area contributed by atoms with E-state index in [1.807, 2.05) is 24.3 Å². The minimum absolute atomic E-state index is 0.0656. The summed E-state index contributed by atoms with van der Waals surface area (Å²) >= 11 is 0. The van der Waals surface area contributed by atoms with Crippen LogP contribution >= 0.6 is 0 Å². The Morgan fingerprint density at radius 2 is 1.76 bits per heavy atom. The van der Waals surface area contributed by atoms with Gasteiger partial charge < -0.3 is 19.4 Å². The minimum atomic E-state index is -0.451. The van der Waals surface area contributed by atoms with Crippen LogP contribution in [-0.2, 0) is 11.2 Å². The van der Waals surface area contributed by atoms with E-state index in [0.29, 0.717) is 29.1 Å². The van der Waals surface area contributed by atoms with Crippen molar-refractivity contribution in [2.45, 2.75) is 6.42 Å². The number of fused-ring (bicyclic) bond motifs is 2. The van der Waals surface area contributed by atoms with Crippen molar-refractivity contribution in [3.05, 3.63) is 100 Å². The van der Waals surface area contributed by atoms with Gasteiger partial charge in [-0.3, -0.25) is 9.59 Å². The van der Waals surface area contributed by atoms with Crippen LogP contribution in [0.5, 0.6) is 5.75 Å². The first-order chi connectivity index (χ1) is 16.1. The highest BCUT2D eigenvalue weighted by molar-refractivity contribution is 6.07. The molecule has 1 N–H and O–H groups in total. The maximum absolute atomic E-state index is 12.9. The molecule has 2 amide bonds. The molecule has 1 aliphatic rings. The number of para-hydroxylation sites is 1. The molecule has 0 unspecified atom stereocenters. The molecule has 2 heterocycles. The van der Waals surface area contributed by atoms with Crippen LogP contribution < -0.4 is 20.6 Å². The molecule has 0 atom stereocenters. The Morgan fingerprint density at radius 3 is 2.61 bits per heavy atom. The van der Waals surface area contributed by atoms with E-state index in [0.717, 1.165) is 17.5 Å². The van der Waals surface area contributed by atoms with Crippen molar-refractivity contribution >= 4 is 34.2 Å². The highest BCUT2D eigenvalue weighted by Gasteiger charge is 2.25. The normalized spacial score (nSPS) is 12.4. The molecule has 7 heteroatoms. The van der Waals surface area contributed by atoms with Crippen LogP contribution in [0.3, 0.4) is 0 Å². The van der Waals surface area contributed by atoms with Gasteiger partial charge in [-0.2, -0.15) is 0 Å². The first-order valence-corrected chi connectivity index (χ1v) is 10.5. The third-order valence-electron chi connectivity index (χ3n) is 5.51. The molecule has 1 aromatic heterocycles. The molecular weight excluding hydrogens is 420 g/mol. The second kappa shape index (κ2) is 8.63. The number of carbonyl (C=O) groups is 2. The van der Waals surface area contributed by atoms with E-state index in [9.17, 15) is 14.4 Å². The largest absolute Gasteiger partial charge is 0.484 e. The molecule has 3 aromatic carbocycles. The van der Waals surface area contributed by atoms with Crippen LogP contribution in [0.1, 0.15) is 15.9 Å². The number of hydrogen-bond donors (Lipinski definition) is 1. The van der Waals surface area contributed by atoms with Crippen molar-refractivity contribution in [3.63, 3.8) is 0 Å². The van der Waals surface area contributed by atoms with Crippen LogP contribution in [0.15, 0.2) is 88.1 Å². The molecule has 0 spiro atoms.